The van der Waals surface area contributed by atoms with Crippen LogP contribution in [0.25, 0.3) is 176 Å². The van der Waals surface area contributed by atoms with E-state index in [4.69, 9.17) is 18.8 Å². The lowest BCUT2D eigenvalue weighted by Gasteiger charge is -2.12. The van der Waals surface area contributed by atoms with E-state index in [2.05, 4.69) is 273 Å². The van der Waals surface area contributed by atoms with E-state index in [1.165, 1.54) is 99.4 Å². The monoisotopic (exact) mass is 1140 g/mol. The van der Waals surface area contributed by atoms with Crippen molar-refractivity contribution in [3.05, 3.63) is 290 Å². The maximum atomic E-state index is 6.30. The topological polar surface area (TPSA) is 77.8 Å². The van der Waals surface area contributed by atoms with Gasteiger partial charge in [0, 0.05) is 67.9 Å². The van der Waals surface area contributed by atoms with Crippen LogP contribution in [0.15, 0.2) is 282 Å². The van der Waals surface area contributed by atoms with Crippen LogP contribution >= 0.6 is 0 Å². The number of aromatic nitrogens is 4. The first-order valence-electron chi connectivity index (χ1n) is 30.2. The molecule has 6 nitrogen and oxygen atoms in total. The fourth-order valence-corrected chi connectivity index (χ4v) is 13.9. The molecule has 0 aliphatic heterocycles. The van der Waals surface area contributed by atoms with Crippen LogP contribution in [0.4, 0.5) is 0 Å². The summed E-state index contributed by atoms with van der Waals surface area (Å²) in [6, 6.07) is 89.1. The molecular weight excluding hydrogens is 1080 g/mol. The van der Waals surface area contributed by atoms with Gasteiger partial charge < -0.3 is 8.83 Å². The van der Waals surface area contributed by atoms with Crippen molar-refractivity contribution < 1.29 is 8.83 Å². The highest BCUT2D eigenvalue weighted by molar-refractivity contribution is 6.25. The molecule has 0 bridgehead atoms. The van der Waals surface area contributed by atoms with E-state index in [0.717, 1.165) is 93.1 Å². The molecule has 0 saturated heterocycles. The smallest absolute Gasteiger partial charge is 0.135 e. The van der Waals surface area contributed by atoms with Gasteiger partial charge in [-0.2, -0.15) is 0 Å². The Hall–Kier alpha value is -11.6. The molecule has 4 heterocycles. The maximum absolute atomic E-state index is 6.30. The summed E-state index contributed by atoms with van der Waals surface area (Å²) in [5.74, 6) is 0. The molecule has 0 saturated carbocycles. The Labute approximate surface area is 512 Å². The summed E-state index contributed by atoms with van der Waals surface area (Å²) in [7, 11) is 0. The molecule has 14 aromatic carbocycles. The second-order valence-electron chi connectivity index (χ2n) is 23.5. The van der Waals surface area contributed by atoms with Crippen molar-refractivity contribution in [1.29, 1.82) is 0 Å². The van der Waals surface area contributed by atoms with Crippen LogP contribution in [0.5, 0.6) is 0 Å². The molecule has 0 fully saturated rings. The molecule has 18 aromatic rings. The minimum atomic E-state index is 0.904. The first-order chi connectivity index (χ1) is 43.8. The minimum Gasteiger partial charge on any atom is -0.456 e. The number of hydrogen-bond acceptors (Lipinski definition) is 6. The number of aryl methyl sites for hydroxylation is 3. The fourth-order valence-electron chi connectivity index (χ4n) is 13.9. The molecule has 0 atom stereocenters. The summed E-state index contributed by atoms with van der Waals surface area (Å²) >= 11 is 0. The highest BCUT2D eigenvalue weighted by Crippen LogP contribution is 2.42. The van der Waals surface area contributed by atoms with Crippen LogP contribution < -0.4 is 0 Å². The van der Waals surface area contributed by atoms with E-state index in [0.29, 0.717) is 0 Å². The van der Waals surface area contributed by atoms with Crippen molar-refractivity contribution in [2.24, 2.45) is 0 Å². The molecule has 418 valence electrons. The zero-order valence-electron chi connectivity index (χ0n) is 49.1. The van der Waals surface area contributed by atoms with Crippen molar-refractivity contribution in [2.45, 2.75) is 20.8 Å². The molecule has 6 heteroatoms. The Morgan fingerprint density at radius 2 is 0.506 bits per heavy atom. The van der Waals surface area contributed by atoms with Crippen molar-refractivity contribution in [3.63, 3.8) is 0 Å². The summed E-state index contributed by atoms with van der Waals surface area (Å²) in [6.45, 7) is 6.56. The molecule has 0 amide bonds. The van der Waals surface area contributed by atoms with E-state index in [9.17, 15) is 0 Å². The van der Waals surface area contributed by atoms with Crippen LogP contribution in [0, 0.1) is 20.8 Å². The van der Waals surface area contributed by atoms with Gasteiger partial charge in [-0.1, -0.05) is 188 Å². The summed E-state index contributed by atoms with van der Waals surface area (Å²) in [5.41, 5.74) is 25.6. The van der Waals surface area contributed by atoms with E-state index in [-0.39, 0.29) is 0 Å². The molecule has 0 spiro atoms. The van der Waals surface area contributed by atoms with E-state index < -0.39 is 0 Å². The quantitative estimate of drug-likeness (QED) is 0.154. The number of hydrogen-bond donors (Lipinski definition) is 0. The lowest BCUT2D eigenvalue weighted by atomic mass is 9.92. The largest absolute Gasteiger partial charge is 0.456 e. The van der Waals surface area contributed by atoms with Gasteiger partial charge in [0.25, 0.3) is 0 Å². The average Bonchev–Trinajstić information content (AvgIpc) is 2.62. The van der Waals surface area contributed by atoms with Gasteiger partial charge in [-0.25, -0.2) is 0 Å². The summed E-state index contributed by atoms with van der Waals surface area (Å²) in [4.78, 5) is 18.8. The molecule has 0 aliphatic rings. The second-order valence-corrected chi connectivity index (χ2v) is 23.5. The molecule has 4 aromatic heterocycles. The predicted molar refractivity (Wildman–Crippen MR) is 370 cm³/mol. The highest BCUT2D eigenvalue weighted by Gasteiger charge is 2.18. The third-order valence-corrected chi connectivity index (χ3v) is 18.0. The lowest BCUT2D eigenvalue weighted by molar-refractivity contribution is 0.668. The standard InChI is InChI=1S/C43H30N2O.C40H24N2O/c1-25-19-26(2)41(27(3)20-25)32-13-16-40-38(24-32)37-23-31(12-15-39(37)46-40)29-8-6-7-28(21-29)30-11-14-35-36(22-30)33-9-4-5-10-34(33)42-43(35)45-18-17-44-42;1-2-6-25(7-3-1)29-15-18-37-35(23-29)36-24-30(16-19-38(36)43-37)27-12-10-26(11-13-27)28-14-17-33-34(22-28)31-8-4-5-9-32(31)39-40(33)42-21-20-41-39/h4-24H,1-3H3;1-24H. The third-order valence-electron chi connectivity index (χ3n) is 18.0. The van der Waals surface area contributed by atoms with Crippen LogP contribution in [0.3, 0.4) is 0 Å². The molecule has 0 radical (unpaired) electrons. The summed E-state index contributed by atoms with van der Waals surface area (Å²) < 4.78 is 12.5. The van der Waals surface area contributed by atoms with E-state index >= 15 is 0 Å². The second kappa shape index (κ2) is 20.8. The van der Waals surface area contributed by atoms with Crippen molar-refractivity contribution in [1.82, 2.24) is 19.9 Å². The third kappa shape index (κ3) is 8.87. The van der Waals surface area contributed by atoms with E-state index in [1.54, 1.807) is 24.8 Å². The number of furan rings is 2. The number of fused-ring (bicyclic) bond motifs is 18. The zero-order chi connectivity index (χ0) is 59.3. The Bertz CT molecular complexity index is 5810. The maximum Gasteiger partial charge on any atom is 0.135 e. The highest BCUT2D eigenvalue weighted by atomic mass is 16.3. The Balaban J connectivity index is 0.000000138. The molecule has 0 N–H and O–H groups in total. The van der Waals surface area contributed by atoms with Gasteiger partial charge in [-0.3, -0.25) is 19.9 Å². The normalized spacial score (nSPS) is 11.8. The zero-order valence-corrected chi connectivity index (χ0v) is 49.1. The van der Waals surface area contributed by atoms with Crippen LogP contribution in [-0.4, -0.2) is 19.9 Å². The average molecular weight is 1140 g/mol. The first-order valence-corrected chi connectivity index (χ1v) is 30.2. The van der Waals surface area contributed by atoms with Gasteiger partial charge in [-0.05, 0) is 187 Å². The Kier molecular flexibility index (Phi) is 12.1. The summed E-state index contributed by atoms with van der Waals surface area (Å²) in [6.07, 6.45) is 7.09. The van der Waals surface area contributed by atoms with Crippen molar-refractivity contribution in [2.75, 3.05) is 0 Å². The van der Waals surface area contributed by atoms with E-state index in [1.807, 2.05) is 6.07 Å². The predicted octanol–water partition coefficient (Wildman–Crippen LogP) is 22.6. The molecule has 89 heavy (non-hydrogen) atoms. The van der Waals surface area contributed by atoms with Gasteiger partial charge in [0.2, 0.25) is 0 Å². The van der Waals surface area contributed by atoms with Gasteiger partial charge in [0.15, 0.2) is 0 Å². The lowest BCUT2D eigenvalue weighted by Crippen LogP contribution is -1.90. The number of nitrogens with zero attached hydrogens (tertiary/aromatic N) is 4. The van der Waals surface area contributed by atoms with Gasteiger partial charge in [-0.15, -0.1) is 0 Å². The Morgan fingerprint density at radius 3 is 0.933 bits per heavy atom. The molecule has 18 rings (SSSR count). The van der Waals surface area contributed by atoms with Crippen molar-refractivity contribution in [3.8, 4) is 66.8 Å². The number of rotatable bonds is 6. The molecule has 0 unspecified atom stereocenters. The summed E-state index contributed by atoms with van der Waals surface area (Å²) in [5, 5.41) is 13.8. The van der Waals surface area contributed by atoms with Crippen LogP contribution in [0.1, 0.15) is 16.7 Å². The number of benzene rings is 14. The van der Waals surface area contributed by atoms with Gasteiger partial charge in [0.05, 0.1) is 22.1 Å². The molecular formula is C83H54N4O2. The minimum absolute atomic E-state index is 0.904. The van der Waals surface area contributed by atoms with Crippen LogP contribution in [0.2, 0.25) is 0 Å². The SMILES string of the molecule is Cc1cc(C)c(-c2ccc3oc4ccc(-c5cccc(-c6ccc7c(c6)c6ccccc6c6nccnc76)c5)cc4c3c2)c(C)c1.c1ccc(-c2ccc3oc4ccc(-c5ccc(-c6ccc7c(c6)c6ccccc6c6nccnc76)cc5)cc4c3c2)cc1. The first kappa shape index (κ1) is 51.8. The van der Waals surface area contributed by atoms with Crippen LogP contribution in [-0.2, 0) is 0 Å². The molecule has 0 aliphatic carbocycles. The van der Waals surface area contributed by atoms with Crippen molar-refractivity contribution >= 4 is 109 Å². The van der Waals surface area contributed by atoms with Gasteiger partial charge >= 0.3 is 0 Å². The Morgan fingerprint density at radius 1 is 0.213 bits per heavy atom. The van der Waals surface area contributed by atoms with Gasteiger partial charge in [0.1, 0.15) is 22.3 Å². The fraction of sp³-hybridized carbons (Fsp3) is 0.0361.